The molecule has 0 heterocycles. The number of amides is 2. The second-order valence-electron chi connectivity index (χ2n) is 2.66. The van der Waals surface area contributed by atoms with E-state index in [2.05, 4.69) is 15.8 Å². The van der Waals surface area contributed by atoms with E-state index in [1.54, 1.807) is 0 Å². The van der Waals surface area contributed by atoms with Crippen molar-refractivity contribution >= 4 is 18.0 Å². The van der Waals surface area contributed by atoms with Crippen molar-refractivity contribution < 1.29 is 24.2 Å². The Morgan fingerprint density at radius 2 is 2.00 bits per heavy atom. The van der Waals surface area contributed by atoms with Gasteiger partial charge in [-0.05, 0) is 0 Å². The largest absolute Gasteiger partial charge is 0.481 e. The van der Waals surface area contributed by atoms with E-state index in [1.165, 1.54) is 0 Å². The molecule has 0 bridgehead atoms. The number of carboxylic acid groups (broad SMARTS) is 1. The molecule has 0 aromatic rings. The number of rotatable bonds is 6. The smallest absolute Gasteiger partial charge is 0.404 e. The van der Waals surface area contributed by atoms with E-state index in [0.717, 1.165) is 0 Å². The zero-order valence-corrected chi connectivity index (χ0v) is 7.93. The third kappa shape index (κ3) is 7.26. The van der Waals surface area contributed by atoms with Crippen molar-refractivity contribution in [2.24, 2.45) is 11.5 Å². The summed E-state index contributed by atoms with van der Waals surface area (Å²) in [4.78, 5) is 31.3. The fourth-order valence-electron chi connectivity index (χ4n) is 0.738. The van der Waals surface area contributed by atoms with E-state index in [9.17, 15) is 14.4 Å². The molecule has 0 aromatic heterocycles. The Labute approximate surface area is 85.6 Å². The van der Waals surface area contributed by atoms with E-state index in [0.29, 0.717) is 0 Å². The molecule has 6 N–H and O–H groups in total. The number of hydrogen-bond acceptors (Lipinski definition) is 5. The quantitative estimate of drug-likeness (QED) is 0.380. The molecule has 0 saturated heterocycles. The van der Waals surface area contributed by atoms with Crippen LogP contribution in [0.4, 0.5) is 4.79 Å². The minimum absolute atomic E-state index is 0.0368. The molecule has 0 saturated carbocycles. The molecular formula is C7H13N3O5. The third-order valence-electron chi connectivity index (χ3n) is 1.38. The van der Waals surface area contributed by atoms with Gasteiger partial charge in [0.1, 0.15) is 6.61 Å². The number of carbonyl (C=O) groups excluding carboxylic acids is 2. The van der Waals surface area contributed by atoms with Crippen LogP contribution in [-0.4, -0.2) is 42.3 Å². The number of ether oxygens (including phenoxy) is 1. The zero-order chi connectivity index (χ0) is 11.8. The third-order valence-corrected chi connectivity index (χ3v) is 1.38. The Bertz CT molecular complexity index is 255. The zero-order valence-electron chi connectivity index (χ0n) is 7.93. The van der Waals surface area contributed by atoms with Crippen LogP contribution in [0.2, 0.25) is 0 Å². The van der Waals surface area contributed by atoms with Crippen molar-refractivity contribution in [2.45, 2.75) is 12.5 Å². The van der Waals surface area contributed by atoms with Crippen molar-refractivity contribution in [2.75, 3.05) is 13.2 Å². The summed E-state index contributed by atoms with van der Waals surface area (Å²) in [7, 11) is 0. The van der Waals surface area contributed by atoms with Gasteiger partial charge >= 0.3 is 12.1 Å². The first-order chi connectivity index (χ1) is 6.93. The predicted molar refractivity (Wildman–Crippen MR) is 48.8 cm³/mol. The first-order valence-corrected chi connectivity index (χ1v) is 4.10. The van der Waals surface area contributed by atoms with Gasteiger partial charge in [-0.2, -0.15) is 0 Å². The maximum absolute atomic E-state index is 11.1. The molecule has 0 radical (unpaired) electrons. The Hall–Kier alpha value is -1.83. The van der Waals surface area contributed by atoms with E-state index in [-0.39, 0.29) is 13.2 Å². The van der Waals surface area contributed by atoms with Crippen LogP contribution in [0.15, 0.2) is 0 Å². The van der Waals surface area contributed by atoms with Crippen LogP contribution in [0.1, 0.15) is 6.42 Å². The standard InChI is InChI=1S/C7H13N3O5/c8-4(3-5(11)12)6(13)10-1-2-15-7(9)14/h4H,1-3,8H2,(H2,9,14)(H,10,13)(H,11,12). The van der Waals surface area contributed by atoms with Crippen molar-refractivity contribution in [3.05, 3.63) is 0 Å². The van der Waals surface area contributed by atoms with E-state index < -0.39 is 30.4 Å². The summed E-state index contributed by atoms with van der Waals surface area (Å²) in [6, 6.07) is -1.11. The van der Waals surface area contributed by atoms with Gasteiger partial charge in [0.05, 0.1) is 19.0 Å². The lowest BCUT2D eigenvalue weighted by Crippen LogP contribution is -2.43. The molecule has 0 aliphatic rings. The van der Waals surface area contributed by atoms with Crippen LogP contribution in [0.3, 0.4) is 0 Å². The Balaban J connectivity index is 3.64. The Morgan fingerprint density at radius 3 is 2.47 bits per heavy atom. The van der Waals surface area contributed by atoms with Crippen LogP contribution in [-0.2, 0) is 14.3 Å². The van der Waals surface area contributed by atoms with Gasteiger partial charge in [-0.25, -0.2) is 4.79 Å². The van der Waals surface area contributed by atoms with Gasteiger partial charge < -0.3 is 26.6 Å². The van der Waals surface area contributed by atoms with Crippen LogP contribution < -0.4 is 16.8 Å². The maximum atomic E-state index is 11.1. The number of nitrogens with two attached hydrogens (primary N) is 2. The molecule has 2 amide bonds. The first kappa shape index (κ1) is 13.2. The number of nitrogens with one attached hydrogen (secondary N) is 1. The summed E-state index contributed by atoms with van der Waals surface area (Å²) in [5.41, 5.74) is 9.89. The van der Waals surface area contributed by atoms with Crippen molar-refractivity contribution in [1.82, 2.24) is 5.32 Å². The first-order valence-electron chi connectivity index (χ1n) is 4.10. The van der Waals surface area contributed by atoms with Crippen molar-refractivity contribution in [1.29, 1.82) is 0 Å². The number of carbonyl (C=O) groups is 3. The van der Waals surface area contributed by atoms with E-state index in [1.807, 2.05) is 0 Å². The summed E-state index contributed by atoms with van der Waals surface area (Å²) < 4.78 is 4.32. The minimum Gasteiger partial charge on any atom is -0.481 e. The van der Waals surface area contributed by atoms with Gasteiger partial charge in [-0.1, -0.05) is 0 Å². The molecule has 0 aliphatic heterocycles. The molecule has 0 spiro atoms. The van der Waals surface area contributed by atoms with Gasteiger partial charge in [-0.3, -0.25) is 9.59 Å². The van der Waals surface area contributed by atoms with Crippen LogP contribution in [0, 0.1) is 0 Å². The highest BCUT2D eigenvalue weighted by molar-refractivity contribution is 5.85. The SMILES string of the molecule is NC(=O)OCCNC(=O)C(N)CC(=O)O. The number of primary amides is 1. The molecular weight excluding hydrogens is 206 g/mol. The molecule has 1 atom stereocenters. The molecule has 15 heavy (non-hydrogen) atoms. The van der Waals surface area contributed by atoms with E-state index in [4.69, 9.17) is 10.8 Å². The predicted octanol–water partition coefficient (Wildman–Crippen LogP) is -2.00. The summed E-state index contributed by atoms with van der Waals surface area (Å²) in [6.07, 6.45) is -1.40. The lowest BCUT2D eigenvalue weighted by Gasteiger charge is -2.09. The molecule has 0 rings (SSSR count). The number of aliphatic carboxylic acids is 1. The molecule has 0 aliphatic carbocycles. The summed E-state index contributed by atoms with van der Waals surface area (Å²) in [5, 5.41) is 10.6. The Kier molecular flexibility index (Phi) is 5.79. The van der Waals surface area contributed by atoms with E-state index >= 15 is 0 Å². The van der Waals surface area contributed by atoms with Crippen LogP contribution >= 0.6 is 0 Å². The summed E-state index contributed by atoms with van der Waals surface area (Å²) in [6.45, 7) is -0.0457. The van der Waals surface area contributed by atoms with Gasteiger partial charge in [-0.15, -0.1) is 0 Å². The highest BCUT2D eigenvalue weighted by Gasteiger charge is 2.16. The summed E-state index contributed by atoms with van der Waals surface area (Å²) in [5.74, 6) is -1.78. The van der Waals surface area contributed by atoms with Crippen molar-refractivity contribution in [3.63, 3.8) is 0 Å². The second-order valence-corrected chi connectivity index (χ2v) is 2.66. The highest BCUT2D eigenvalue weighted by Crippen LogP contribution is 1.87. The summed E-state index contributed by atoms with van der Waals surface area (Å²) >= 11 is 0. The van der Waals surface area contributed by atoms with Crippen LogP contribution in [0.25, 0.3) is 0 Å². The van der Waals surface area contributed by atoms with Gasteiger partial charge in [0.2, 0.25) is 5.91 Å². The number of carboxylic acids is 1. The fraction of sp³-hybridized carbons (Fsp3) is 0.571. The monoisotopic (exact) mass is 219 g/mol. The topological polar surface area (TPSA) is 145 Å². The molecule has 0 fully saturated rings. The molecule has 8 nitrogen and oxygen atoms in total. The molecule has 86 valence electrons. The van der Waals surface area contributed by atoms with Gasteiger partial charge in [0.15, 0.2) is 0 Å². The minimum atomic E-state index is -1.16. The molecule has 0 aromatic carbocycles. The Morgan fingerprint density at radius 1 is 1.40 bits per heavy atom. The molecule has 1 unspecified atom stereocenters. The average Bonchev–Trinajstić information content (AvgIpc) is 2.10. The number of hydrogen-bond donors (Lipinski definition) is 4. The van der Waals surface area contributed by atoms with Crippen LogP contribution in [0.5, 0.6) is 0 Å². The average molecular weight is 219 g/mol. The fourth-order valence-corrected chi connectivity index (χ4v) is 0.738. The second kappa shape index (κ2) is 6.60. The maximum Gasteiger partial charge on any atom is 0.404 e. The lowest BCUT2D eigenvalue weighted by atomic mass is 10.2. The van der Waals surface area contributed by atoms with Gasteiger partial charge in [0, 0.05) is 0 Å². The van der Waals surface area contributed by atoms with Crippen molar-refractivity contribution in [3.8, 4) is 0 Å². The highest BCUT2D eigenvalue weighted by atomic mass is 16.5. The van der Waals surface area contributed by atoms with Gasteiger partial charge in [0.25, 0.3) is 0 Å². The molecule has 8 heteroatoms. The normalized spacial score (nSPS) is 11.5. The lowest BCUT2D eigenvalue weighted by molar-refractivity contribution is -0.139.